The highest BCUT2D eigenvalue weighted by atomic mass is 16.3. The lowest BCUT2D eigenvalue weighted by Crippen LogP contribution is -2.27. The summed E-state index contributed by atoms with van der Waals surface area (Å²) in [6.45, 7) is 4.71. The van der Waals surface area contributed by atoms with Crippen molar-refractivity contribution in [1.29, 1.82) is 0 Å². The zero-order valence-corrected chi connectivity index (χ0v) is 33.7. The summed E-state index contributed by atoms with van der Waals surface area (Å²) in [5.74, 6) is 0. The van der Waals surface area contributed by atoms with Gasteiger partial charge in [0, 0.05) is 21.9 Å². The predicted molar refractivity (Wildman–Crippen MR) is 252 cm³/mol. The van der Waals surface area contributed by atoms with Crippen LogP contribution in [-0.2, 0) is 11.8 Å². The molecule has 1 aliphatic rings. The van der Waals surface area contributed by atoms with E-state index in [1.807, 2.05) is 18.2 Å². The number of hydrogen-bond donors (Lipinski definition) is 2. The van der Waals surface area contributed by atoms with Crippen molar-refractivity contribution in [3.05, 3.63) is 222 Å². The number of nitrogens with two attached hydrogens (primary N) is 1. The fourth-order valence-electron chi connectivity index (χ4n) is 9.62. The molecule has 3 N–H and O–H groups in total. The van der Waals surface area contributed by atoms with Crippen LogP contribution in [0, 0.1) is 0 Å². The molecule has 9 aromatic carbocycles. The van der Waals surface area contributed by atoms with Gasteiger partial charge in [0.05, 0.1) is 0 Å². The van der Waals surface area contributed by atoms with Crippen LogP contribution in [0.5, 0.6) is 0 Å². The molecule has 0 aliphatic heterocycles. The second kappa shape index (κ2) is 14.3. The molecule has 0 amide bonds. The molecule has 60 heavy (non-hydrogen) atoms. The van der Waals surface area contributed by atoms with Crippen molar-refractivity contribution in [2.45, 2.75) is 31.8 Å². The van der Waals surface area contributed by atoms with E-state index in [1.54, 1.807) is 0 Å². The largest absolute Gasteiger partial charge is 0.456 e. The molecule has 1 unspecified atom stereocenters. The SMILES string of the molecule is CC1(C)c2cc3ccccc3cc2-c2c(-c3ccc(/C(=C/Cc4ccccc4-c4ccc5oc6ccc7ccccc7c6c5c4)NC(N)c4ccccc4)cc3)cccc21. The van der Waals surface area contributed by atoms with Gasteiger partial charge in [-0.15, -0.1) is 0 Å². The van der Waals surface area contributed by atoms with Crippen molar-refractivity contribution in [2.75, 3.05) is 0 Å². The first kappa shape index (κ1) is 35.9. The summed E-state index contributed by atoms with van der Waals surface area (Å²) in [6, 6.07) is 67.6. The van der Waals surface area contributed by atoms with Gasteiger partial charge in [-0.3, -0.25) is 0 Å². The second-order valence-corrected chi connectivity index (χ2v) is 16.7. The van der Waals surface area contributed by atoms with Crippen LogP contribution in [0.2, 0.25) is 0 Å². The number of furan rings is 1. The van der Waals surface area contributed by atoms with Crippen molar-refractivity contribution in [3.63, 3.8) is 0 Å². The lowest BCUT2D eigenvalue weighted by Gasteiger charge is -2.22. The topological polar surface area (TPSA) is 51.2 Å². The van der Waals surface area contributed by atoms with Gasteiger partial charge in [-0.2, -0.15) is 0 Å². The molecule has 288 valence electrons. The Morgan fingerprint density at radius 2 is 1.25 bits per heavy atom. The minimum absolute atomic E-state index is 0.0964. The van der Waals surface area contributed by atoms with E-state index in [4.69, 9.17) is 10.2 Å². The van der Waals surface area contributed by atoms with Crippen molar-refractivity contribution in [3.8, 4) is 33.4 Å². The smallest absolute Gasteiger partial charge is 0.136 e. The van der Waals surface area contributed by atoms with Crippen LogP contribution in [0.15, 0.2) is 199 Å². The zero-order chi connectivity index (χ0) is 40.4. The quantitative estimate of drug-likeness (QED) is 0.151. The minimum atomic E-state index is -0.384. The molecule has 1 heterocycles. The van der Waals surface area contributed by atoms with E-state index in [9.17, 15) is 0 Å². The third-order valence-corrected chi connectivity index (χ3v) is 12.8. The Bertz CT molecular complexity index is 3300. The highest BCUT2D eigenvalue weighted by Crippen LogP contribution is 2.53. The Morgan fingerprint density at radius 3 is 2.08 bits per heavy atom. The highest BCUT2D eigenvalue weighted by molar-refractivity contribution is 6.19. The molecule has 0 radical (unpaired) electrons. The van der Waals surface area contributed by atoms with E-state index in [0.29, 0.717) is 6.42 Å². The highest BCUT2D eigenvalue weighted by Gasteiger charge is 2.37. The normalized spacial score (nSPS) is 13.8. The standard InChI is InChI=1S/C57H44N2O/c1-57(2)49-22-12-21-45(54(49)47-33-41-17-6-7-18-42(41)35-50(47)57)38-23-25-39(26-24-38)51(59-56(58)40-15-4-3-5-16-40)30-27-36-13-8-10-19-44(36)43-29-31-52-48(34-43)55-46-20-11-9-14-37(46)28-32-53(55)60-52/h3-26,28-35,56,59H,27,58H2,1-2H3/b51-30-. The molecular formula is C57H44N2O. The molecule has 3 nitrogen and oxygen atoms in total. The molecule has 10 aromatic rings. The molecule has 3 heteroatoms. The van der Waals surface area contributed by atoms with Gasteiger partial charge in [0.25, 0.3) is 0 Å². The van der Waals surface area contributed by atoms with Gasteiger partial charge in [0.15, 0.2) is 0 Å². The van der Waals surface area contributed by atoms with Crippen LogP contribution in [0.25, 0.3) is 82.6 Å². The average Bonchev–Trinajstić information content (AvgIpc) is 3.78. The summed E-state index contributed by atoms with van der Waals surface area (Å²) < 4.78 is 6.35. The summed E-state index contributed by atoms with van der Waals surface area (Å²) in [7, 11) is 0. The summed E-state index contributed by atoms with van der Waals surface area (Å²) in [5.41, 5.74) is 23.2. The van der Waals surface area contributed by atoms with Crippen LogP contribution in [0.4, 0.5) is 0 Å². The maximum atomic E-state index is 6.88. The molecular weight excluding hydrogens is 729 g/mol. The third-order valence-electron chi connectivity index (χ3n) is 12.8. The molecule has 1 aliphatic carbocycles. The van der Waals surface area contributed by atoms with Crippen LogP contribution in [-0.4, -0.2) is 0 Å². The van der Waals surface area contributed by atoms with E-state index in [2.05, 4.69) is 195 Å². The number of rotatable bonds is 8. The van der Waals surface area contributed by atoms with Crippen LogP contribution in [0.3, 0.4) is 0 Å². The summed E-state index contributed by atoms with van der Waals surface area (Å²) in [6.07, 6.45) is 2.62. The Kier molecular flexibility index (Phi) is 8.54. The first-order valence-corrected chi connectivity index (χ1v) is 20.9. The Labute approximate surface area is 350 Å². The molecule has 0 saturated heterocycles. The van der Waals surface area contributed by atoms with Gasteiger partial charge in [-0.05, 0) is 119 Å². The van der Waals surface area contributed by atoms with E-state index >= 15 is 0 Å². The molecule has 11 rings (SSSR count). The van der Waals surface area contributed by atoms with Crippen molar-refractivity contribution >= 4 is 49.2 Å². The van der Waals surface area contributed by atoms with E-state index < -0.39 is 0 Å². The van der Waals surface area contributed by atoms with Gasteiger partial charge in [-0.25, -0.2) is 0 Å². The molecule has 0 saturated carbocycles. The summed E-state index contributed by atoms with van der Waals surface area (Å²) >= 11 is 0. The number of fused-ring (bicyclic) bond motifs is 9. The Hall–Kier alpha value is -7.20. The van der Waals surface area contributed by atoms with Crippen LogP contribution in [0.1, 0.15) is 47.8 Å². The van der Waals surface area contributed by atoms with Crippen molar-refractivity contribution in [2.24, 2.45) is 5.73 Å². The molecule has 0 spiro atoms. The van der Waals surface area contributed by atoms with Gasteiger partial charge in [0.2, 0.25) is 0 Å². The monoisotopic (exact) mass is 772 g/mol. The molecule has 0 fully saturated rings. The third kappa shape index (κ3) is 6.01. The number of hydrogen-bond acceptors (Lipinski definition) is 3. The van der Waals surface area contributed by atoms with Gasteiger partial charge >= 0.3 is 0 Å². The molecule has 1 aromatic heterocycles. The zero-order valence-electron chi connectivity index (χ0n) is 33.7. The minimum Gasteiger partial charge on any atom is -0.456 e. The summed E-state index contributed by atoms with van der Waals surface area (Å²) in [5, 5.41) is 11.0. The van der Waals surface area contributed by atoms with Crippen LogP contribution >= 0.6 is 0 Å². The Morgan fingerprint density at radius 1 is 0.567 bits per heavy atom. The lowest BCUT2D eigenvalue weighted by atomic mass is 9.81. The first-order valence-electron chi connectivity index (χ1n) is 20.9. The van der Waals surface area contributed by atoms with Gasteiger partial charge in [-0.1, -0.05) is 178 Å². The van der Waals surface area contributed by atoms with Gasteiger partial charge < -0.3 is 15.5 Å². The number of allylic oxidation sites excluding steroid dienone is 1. The number of benzene rings is 9. The lowest BCUT2D eigenvalue weighted by molar-refractivity contribution is 0.661. The van der Waals surface area contributed by atoms with Crippen molar-refractivity contribution < 1.29 is 4.42 Å². The maximum Gasteiger partial charge on any atom is 0.136 e. The van der Waals surface area contributed by atoms with E-state index in [1.165, 1.54) is 66.1 Å². The fourth-order valence-corrected chi connectivity index (χ4v) is 9.62. The van der Waals surface area contributed by atoms with E-state index in [0.717, 1.165) is 44.3 Å². The Balaban J connectivity index is 0.971. The second-order valence-electron chi connectivity index (χ2n) is 16.7. The van der Waals surface area contributed by atoms with Crippen LogP contribution < -0.4 is 11.1 Å². The van der Waals surface area contributed by atoms with E-state index in [-0.39, 0.29) is 11.6 Å². The molecule has 1 atom stereocenters. The van der Waals surface area contributed by atoms with Gasteiger partial charge in [0.1, 0.15) is 17.3 Å². The maximum absolute atomic E-state index is 6.88. The first-order chi connectivity index (χ1) is 29.4. The predicted octanol–water partition coefficient (Wildman–Crippen LogP) is 14.4. The fraction of sp³-hybridized carbons (Fsp3) is 0.0877. The summed E-state index contributed by atoms with van der Waals surface area (Å²) in [4.78, 5) is 0. The number of nitrogens with one attached hydrogen (secondary N) is 1. The average molecular weight is 773 g/mol. The van der Waals surface area contributed by atoms with Crippen molar-refractivity contribution in [1.82, 2.24) is 5.32 Å². The molecule has 0 bridgehead atoms.